The third-order valence-electron chi connectivity index (χ3n) is 2.34. The monoisotopic (exact) mass is 291 g/mol. The Balaban J connectivity index is 2.90. The van der Waals surface area contributed by atoms with Crippen LogP contribution in [0.1, 0.15) is 19.8 Å². The first-order valence-electron chi connectivity index (χ1n) is 5.35. The number of rotatable bonds is 6. The molecule has 0 saturated carbocycles. The smallest absolute Gasteiger partial charge is 0.304 e. The minimum absolute atomic E-state index is 0.0267. The summed E-state index contributed by atoms with van der Waals surface area (Å²) >= 11 is 5.72. The molecule has 2 N–H and O–H groups in total. The van der Waals surface area contributed by atoms with Gasteiger partial charge in [-0.2, -0.15) is 0 Å². The highest BCUT2D eigenvalue weighted by Crippen LogP contribution is 2.16. The van der Waals surface area contributed by atoms with E-state index in [1.54, 1.807) is 13.0 Å². The molecule has 0 bridgehead atoms. The minimum Gasteiger partial charge on any atom is -0.481 e. The Bertz CT molecular complexity index is 530. The number of benzene rings is 1. The molecule has 0 spiro atoms. The van der Waals surface area contributed by atoms with Gasteiger partial charge in [0.1, 0.15) is 0 Å². The number of carboxylic acids is 1. The molecule has 7 heteroatoms. The summed E-state index contributed by atoms with van der Waals surface area (Å²) in [7, 11) is -3.74. The number of sulfonamides is 1. The van der Waals surface area contributed by atoms with Crippen LogP contribution in [-0.2, 0) is 14.8 Å². The van der Waals surface area contributed by atoms with Crippen molar-refractivity contribution in [2.24, 2.45) is 0 Å². The normalized spacial score (nSPS) is 13.2. The lowest BCUT2D eigenvalue weighted by Crippen LogP contribution is -2.36. The maximum Gasteiger partial charge on any atom is 0.304 e. The fourth-order valence-corrected chi connectivity index (χ4v) is 3.02. The minimum atomic E-state index is -3.74. The van der Waals surface area contributed by atoms with Crippen molar-refractivity contribution in [1.82, 2.24) is 4.72 Å². The van der Waals surface area contributed by atoms with Crippen LogP contribution in [0.2, 0.25) is 5.02 Å². The van der Waals surface area contributed by atoms with E-state index in [1.807, 2.05) is 0 Å². The van der Waals surface area contributed by atoms with Gasteiger partial charge in [0.25, 0.3) is 0 Å². The quantitative estimate of drug-likeness (QED) is 0.838. The standard InChI is InChI=1S/C11H14ClNO4S/c1-2-9(7-11(14)15)13-18(16,17)10-5-3-4-8(12)6-10/h3-6,9,13H,2,7H2,1H3,(H,14,15). The first-order chi connectivity index (χ1) is 8.35. The fourth-order valence-electron chi connectivity index (χ4n) is 1.40. The summed E-state index contributed by atoms with van der Waals surface area (Å²) in [5, 5.41) is 8.98. The van der Waals surface area contributed by atoms with Crippen molar-refractivity contribution >= 4 is 27.6 Å². The Labute approximate surface area is 111 Å². The van der Waals surface area contributed by atoms with Crippen LogP contribution in [0.5, 0.6) is 0 Å². The zero-order chi connectivity index (χ0) is 13.8. The van der Waals surface area contributed by atoms with Gasteiger partial charge in [0.2, 0.25) is 10.0 Å². The maximum absolute atomic E-state index is 12.0. The summed E-state index contributed by atoms with van der Waals surface area (Å²) in [6.45, 7) is 1.72. The van der Waals surface area contributed by atoms with Gasteiger partial charge in [0, 0.05) is 11.1 Å². The summed E-state index contributed by atoms with van der Waals surface area (Å²) in [5.74, 6) is -1.05. The highest BCUT2D eigenvalue weighted by molar-refractivity contribution is 7.89. The number of hydrogen-bond donors (Lipinski definition) is 2. The summed E-state index contributed by atoms with van der Waals surface area (Å²) < 4.78 is 26.3. The highest BCUT2D eigenvalue weighted by Gasteiger charge is 2.20. The van der Waals surface area contributed by atoms with Crippen LogP contribution in [0.3, 0.4) is 0 Å². The molecule has 0 fully saturated rings. The Morgan fingerprint density at radius 1 is 1.50 bits per heavy atom. The van der Waals surface area contributed by atoms with Gasteiger partial charge in [0.05, 0.1) is 11.3 Å². The van der Waals surface area contributed by atoms with E-state index in [2.05, 4.69) is 4.72 Å². The number of nitrogens with one attached hydrogen (secondary N) is 1. The van der Waals surface area contributed by atoms with Crippen molar-refractivity contribution in [2.45, 2.75) is 30.7 Å². The lowest BCUT2D eigenvalue weighted by molar-refractivity contribution is -0.137. The third-order valence-corrected chi connectivity index (χ3v) is 4.10. The zero-order valence-electron chi connectivity index (χ0n) is 9.76. The number of aliphatic carboxylic acids is 1. The molecule has 100 valence electrons. The summed E-state index contributed by atoms with van der Waals surface area (Å²) in [4.78, 5) is 10.6. The third kappa shape index (κ3) is 4.29. The second kappa shape index (κ2) is 6.17. The van der Waals surface area contributed by atoms with Crippen molar-refractivity contribution < 1.29 is 18.3 Å². The molecule has 1 aromatic carbocycles. The van der Waals surface area contributed by atoms with Crippen molar-refractivity contribution in [2.75, 3.05) is 0 Å². The van der Waals surface area contributed by atoms with Gasteiger partial charge in [-0.1, -0.05) is 24.6 Å². The van der Waals surface area contributed by atoms with E-state index in [9.17, 15) is 13.2 Å². The van der Waals surface area contributed by atoms with Crippen molar-refractivity contribution in [3.05, 3.63) is 29.3 Å². The first-order valence-corrected chi connectivity index (χ1v) is 7.21. The molecule has 0 aliphatic carbocycles. The zero-order valence-corrected chi connectivity index (χ0v) is 11.3. The van der Waals surface area contributed by atoms with Crippen LogP contribution in [0, 0.1) is 0 Å². The van der Waals surface area contributed by atoms with E-state index in [-0.39, 0.29) is 11.3 Å². The van der Waals surface area contributed by atoms with E-state index >= 15 is 0 Å². The van der Waals surface area contributed by atoms with Crippen molar-refractivity contribution in [3.63, 3.8) is 0 Å². The predicted molar refractivity (Wildman–Crippen MR) is 68.1 cm³/mol. The Morgan fingerprint density at radius 2 is 2.17 bits per heavy atom. The second-order valence-corrected chi connectivity index (χ2v) is 5.93. The molecule has 1 unspecified atom stereocenters. The summed E-state index contributed by atoms with van der Waals surface area (Å²) in [6.07, 6.45) is 0.141. The van der Waals surface area contributed by atoms with E-state index < -0.39 is 22.0 Å². The summed E-state index contributed by atoms with van der Waals surface area (Å²) in [5.41, 5.74) is 0. The number of hydrogen-bond acceptors (Lipinski definition) is 3. The molecule has 0 aliphatic rings. The number of carbonyl (C=O) groups is 1. The predicted octanol–water partition coefficient (Wildman–Crippen LogP) is 1.87. The average Bonchev–Trinajstić information content (AvgIpc) is 2.27. The van der Waals surface area contributed by atoms with Crippen molar-refractivity contribution in [3.8, 4) is 0 Å². The van der Waals surface area contributed by atoms with Crippen LogP contribution in [-0.4, -0.2) is 25.5 Å². The lowest BCUT2D eigenvalue weighted by Gasteiger charge is -2.15. The Morgan fingerprint density at radius 3 is 2.67 bits per heavy atom. The van der Waals surface area contributed by atoms with Gasteiger partial charge in [-0.05, 0) is 24.6 Å². The fraction of sp³-hybridized carbons (Fsp3) is 0.364. The number of halogens is 1. The molecular weight excluding hydrogens is 278 g/mol. The Kier molecular flexibility index (Phi) is 5.13. The number of carboxylic acid groups (broad SMARTS) is 1. The van der Waals surface area contributed by atoms with E-state index in [4.69, 9.17) is 16.7 Å². The second-order valence-electron chi connectivity index (χ2n) is 3.78. The molecular formula is C11H14ClNO4S. The molecule has 5 nitrogen and oxygen atoms in total. The molecule has 0 radical (unpaired) electrons. The molecule has 1 rings (SSSR count). The molecule has 0 amide bonds. The van der Waals surface area contributed by atoms with Gasteiger partial charge < -0.3 is 5.11 Å². The van der Waals surface area contributed by atoms with Crippen LogP contribution in [0.15, 0.2) is 29.2 Å². The molecule has 0 aromatic heterocycles. The largest absolute Gasteiger partial charge is 0.481 e. The van der Waals surface area contributed by atoms with Crippen molar-refractivity contribution in [1.29, 1.82) is 0 Å². The molecule has 0 heterocycles. The van der Waals surface area contributed by atoms with Crippen LogP contribution in [0.25, 0.3) is 0 Å². The first kappa shape index (κ1) is 14.9. The van der Waals surface area contributed by atoms with Crippen LogP contribution < -0.4 is 4.72 Å². The average molecular weight is 292 g/mol. The van der Waals surface area contributed by atoms with Gasteiger partial charge in [-0.15, -0.1) is 0 Å². The van der Waals surface area contributed by atoms with E-state index in [0.717, 1.165) is 0 Å². The molecule has 18 heavy (non-hydrogen) atoms. The molecule has 0 saturated heterocycles. The van der Waals surface area contributed by atoms with Gasteiger partial charge in [-0.3, -0.25) is 4.79 Å². The van der Waals surface area contributed by atoms with Gasteiger partial charge in [0.15, 0.2) is 0 Å². The SMILES string of the molecule is CCC(CC(=O)O)NS(=O)(=O)c1cccc(Cl)c1. The highest BCUT2D eigenvalue weighted by atomic mass is 35.5. The lowest BCUT2D eigenvalue weighted by atomic mass is 10.2. The van der Waals surface area contributed by atoms with E-state index in [1.165, 1.54) is 18.2 Å². The van der Waals surface area contributed by atoms with E-state index in [0.29, 0.717) is 11.4 Å². The molecule has 1 atom stereocenters. The van der Waals surface area contributed by atoms with Crippen LogP contribution >= 0.6 is 11.6 Å². The summed E-state index contributed by atoms with van der Waals surface area (Å²) in [6, 6.07) is 5.18. The van der Waals surface area contributed by atoms with Gasteiger partial charge in [-0.25, -0.2) is 13.1 Å². The van der Waals surface area contributed by atoms with Gasteiger partial charge >= 0.3 is 5.97 Å². The Hall–Kier alpha value is -1.11. The maximum atomic E-state index is 12.0. The topological polar surface area (TPSA) is 83.5 Å². The molecule has 0 aliphatic heterocycles. The molecule has 1 aromatic rings. The van der Waals surface area contributed by atoms with Crippen LogP contribution in [0.4, 0.5) is 0 Å².